The van der Waals surface area contributed by atoms with Crippen LogP contribution in [0.3, 0.4) is 0 Å². The maximum Gasteiger partial charge on any atom is 0.277 e. The molecule has 0 aliphatic heterocycles. The lowest BCUT2D eigenvalue weighted by molar-refractivity contribution is 0.0705. The zero-order valence-electron chi connectivity index (χ0n) is 10.9. The Balaban J connectivity index is 1.77. The molecule has 1 amide bonds. The Labute approximate surface area is 116 Å². The number of amides is 1. The Morgan fingerprint density at radius 2 is 1.85 bits per heavy atom. The van der Waals surface area contributed by atoms with Crippen molar-refractivity contribution in [3.05, 3.63) is 59.7 Å². The van der Waals surface area contributed by atoms with Gasteiger partial charge in [0.15, 0.2) is 0 Å². The van der Waals surface area contributed by atoms with Gasteiger partial charge in [0, 0.05) is 24.2 Å². The molecule has 1 aliphatic rings. The number of rotatable bonds is 4. The van der Waals surface area contributed by atoms with Crippen LogP contribution in [0.5, 0.6) is 0 Å². The second kappa shape index (κ2) is 5.02. The summed E-state index contributed by atoms with van der Waals surface area (Å²) < 4.78 is 0. The Hall–Kier alpha value is -2.27. The Morgan fingerprint density at radius 3 is 2.40 bits per heavy atom. The van der Waals surface area contributed by atoms with Gasteiger partial charge in [-0.2, -0.15) is 0 Å². The normalized spacial score (nSPS) is 15.7. The van der Waals surface area contributed by atoms with Crippen LogP contribution >= 0.6 is 0 Å². The number of benzene rings is 1. The van der Waals surface area contributed by atoms with Crippen molar-refractivity contribution < 1.29 is 10.0 Å². The number of hydroxylamine groups is 1. The molecular formula is C15H15N3O2. The van der Waals surface area contributed by atoms with Gasteiger partial charge >= 0.3 is 0 Å². The summed E-state index contributed by atoms with van der Waals surface area (Å²) in [6.07, 6.45) is 5.93. The molecule has 1 aromatic heterocycles. The number of hydrogen-bond donors (Lipinski definition) is 2. The van der Waals surface area contributed by atoms with Crippen molar-refractivity contribution in [3.8, 4) is 0 Å². The van der Waals surface area contributed by atoms with Crippen molar-refractivity contribution in [3.63, 3.8) is 0 Å². The fraction of sp³-hybridized carbons (Fsp3) is 0.267. The van der Waals surface area contributed by atoms with Crippen LogP contribution in [0.25, 0.3) is 0 Å². The fourth-order valence-electron chi connectivity index (χ4n) is 2.44. The van der Waals surface area contributed by atoms with Crippen LogP contribution < -0.4 is 5.48 Å². The highest BCUT2D eigenvalue weighted by molar-refractivity contribution is 5.92. The fourth-order valence-corrected chi connectivity index (χ4v) is 2.44. The highest BCUT2D eigenvalue weighted by atomic mass is 16.5. The second-order valence-electron chi connectivity index (χ2n) is 5.15. The molecular weight excluding hydrogens is 254 g/mol. The van der Waals surface area contributed by atoms with Gasteiger partial charge in [-0.15, -0.1) is 0 Å². The van der Waals surface area contributed by atoms with Gasteiger partial charge in [0.05, 0.1) is 5.56 Å². The van der Waals surface area contributed by atoms with E-state index < -0.39 is 5.91 Å². The Morgan fingerprint density at radius 1 is 1.20 bits per heavy atom. The molecule has 1 saturated carbocycles. The number of nitrogens with one attached hydrogen (secondary N) is 1. The summed E-state index contributed by atoms with van der Waals surface area (Å²) in [4.78, 5) is 19.6. The number of hydrogen-bond acceptors (Lipinski definition) is 4. The van der Waals surface area contributed by atoms with Crippen LogP contribution in [-0.4, -0.2) is 21.1 Å². The first-order valence-corrected chi connectivity index (χ1v) is 6.54. The second-order valence-corrected chi connectivity index (χ2v) is 5.15. The van der Waals surface area contributed by atoms with Crippen molar-refractivity contribution in [1.29, 1.82) is 0 Å². The first-order chi connectivity index (χ1) is 9.73. The molecule has 1 fully saturated rings. The van der Waals surface area contributed by atoms with E-state index in [9.17, 15) is 4.79 Å². The first-order valence-electron chi connectivity index (χ1n) is 6.54. The predicted octanol–water partition coefficient (Wildman–Crippen LogP) is 1.87. The number of carbonyl (C=O) groups excluding carboxylic acids is 1. The molecule has 1 heterocycles. The number of aromatic nitrogens is 2. The van der Waals surface area contributed by atoms with E-state index in [0.717, 1.165) is 25.1 Å². The molecule has 0 saturated heterocycles. The van der Waals surface area contributed by atoms with Crippen molar-refractivity contribution in [2.24, 2.45) is 0 Å². The molecule has 0 atom stereocenters. The van der Waals surface area contributed by atoms with Crippen LogP contribution in [0.4, 0.5) is 0 Å². The molecule has 5 nitrogen and oxygen atoms in total. The molecule has 0 unspecified atom stereocenters. The minimum atomic E-state index is -0.597. The van der Waals surface area contributed by atoms with Crippen molar-refractivity contribution in [2.75, 3.05) is 0 Å². The van der Waals surface area contributed by atoms with Gasteiger partial charge in [-0.25, -0.2) is 15.4 Å². The summed E-state index contributed by atoms with van der Waals surface area (Å²) in [6.45, 7) is 0. The molecule has 0 bridgehead atoms. The van der Waals surface area contributed by atoms with Gasteiger partial charge in [-0.05, 0) is 18.4 Å². The van der Waals surface area contributed by atoms with E-state index in [1.165, 1.54) is 18.0 Å². The summed E-state index contributed by atoms with van der Waals surface area (Å²) in [5, 5.41) is 8.55. The van der Waals surface area contributed by atoms with Crippen molar-refractivity contribution in [1.82, 2.24) is 15.4 Å². The third-order valence-corrected chi connectivity index (χ3v) is 3.81. The van der Waals surface area contributed by atoms with Crippen LogP contribution in [0.1, 0.15) is 34.6 Å². The van der Waals surface area contributed by atoms with Crippen LogP contribution in [0.2, 0.25) is 0 Å². The van der Waals surface area contributed by atoms with Crippen molar-refractivity contribution >= 4 is 5.91 Å². The van der Waals surface area contributed by atoms with Crippen LogP contribution in [-0.2, 0) is 11.8 Å². The lowest BCUT2D eigenvalue weighted by atomic mass is 9.92. The van der Waals surface area contributed by atoms with Gasteiger partial charge in [-0.3, -0.25) is 10.0 Å². The predicted molar refractivity (Wildman–Crippen MR) is 72.3 cm³/mol. The maximum absolute atomic E-state index is 11.2. The largest absolute Gasteiger partial charge is 0.288 e. The van der Waals surface area contributed by atoms with Gasteiger partial charge in [0.1, 0.15) is 5.82 Å². The molecule has 102 valence electrons. The molecule has 2 N–H and O–H groups in total. The van der Waals surface area contributed by atoms with E-state index >= 15 is 0 Å². The molecule has 1 aliphatic carbocycles. The molecule has 5 heteroatoms. The molecule has 20 heavy (non-hydrogen) atoms. The molecule has 1 aromatic carbocycles. The number of nitrogens with zero attached hydrogens (tertiary/aromatic N) is 2. The molecule has 0 spiro atoms. The summed E-state index contributed by atoms with van der Waals surface area (Å²) in [5.74, 6) is 0.126. The minimum absolute atomic E-state index is 0.155. The van der Waals surface area contributed by atoms with E-state index in [1.54, 1.807) is 5.48 Å². The van der Waals surface area contributed by atoms with Gasteiger partial charge < -0.3 is 0 Å². The highest BCUT2D eigenvalue weighted by Crippen LogP contribution is 2.50. The standard InChI is InChI=1S/C15H15N3O2/c19-14(18-20)11-9-16-13(17-10-11)8-15(6-7-15)12-4-2-1-3-5-12/h1-5,9-10,20H,6-8H2,(H,18,19). The van der Waals surface area contributed by atoms with E-state index in [2.05, 4.69) is 22.1 Å². The lowest BCUT2D eigenvalue weighted by Gasteiger charge is -2.14. The smallest absolute Gasteiger partial charge is 0.277 e. The van der Waals surface area contributed by atoms with Gasteiger partial charge in [-0.1, -0.05) is 30.3 Å². The highest BCUT2D eigenvalue weighted by Gasteiger charge is 2.44. The average molecular weight is 269 g/mol. The third-order valence-electron chi connectivity index (χ3n) is 3.81. The Bertz CT molecular complexity index is 607. The molecule has 2 aromatic rings. The summed E-state index contributed by atoms with van der Waals surface area (Å²) in [5.41, 5.74) is 3.29. The zero-order valence-corrected chi connectivity index (χ0v) is 10.9. The summed E-state index contributed by atoms with van der Waals surface area (Å²) in [7, 11) is 0. The van der Waals surface area contributed by atoms with Crippen molar-refractivity contribution in [2.45, 2.75) is 24.7 Å². The summed E-state index contributed by atoms with van der Waals surface area (Å²) >= 11 is 0. The average Bonchev–Trinajstić information content (AvgIpc) is 3.29. The third kappa shape index (κ3) is 2.40. The maximum atomic E-state index is 11.2. The van der Waals surface area contributed by atoms with Crippen LogP contribution in [0.15, 0.2) is 42.7 Å². The van der Waals surface area contributed by atoms with Gasteiger partial charge in [0.2, 0.25) is 0 Å². The van der Waals surface area contributed by atoms with Crippen LogP contribution in [0, 0.1) is 0 Å². The van der Waals surface area contributed by atoms with E-state index in [4.69, 9.17) is 5.21 Å². The Kier molecular flexibility index (Phi) is 3.20. The monoisotopic (exact) mass is 269 g/mol. The van der Waals surface area contributed by atoms with E-state index in [-0.39, 0.29) is 11.0 Å². The quantitative estimate of drug-likeness (QED) is 0.656. The molecule has 0 radical (unpaired) electrons. The summed E-state index contributed by atoms with van der Waals surface area (Å²) in [6, 6.07) is 10.4. The topological polar surface area (TPSA) is 75.1 Å². The van der Waals surface area contributed by atoms with E-state index in [0.29, 0.717) is 0 Å². The molecule has 3 rings (SSSR count). The minimum Gasteiger partial charge on any atom is -0.288 e. The zero-order chi connectivity index (χ0) is 14.0. The van der Waals surface area contributed by atoms with E-state index in [1.807, 2.05) is 18.2 Å². The number of carbonyl (C=O) groups is 1. The lowest BCUT2D eigenvalue weighted by Crippen LogP contribution is -2.20. The first kappa shape index (κ1) is 12.7. The van der Waals surface area contributed by atoms with Gasteiger partial charge in [0.25, 0.3) is 5.91 Å². The SMILES string of the molecule is O=C(NO)c1cnc(CC2(c3ccccc3)CC2)nc1.